The fraction of sp³-hybridized carbons (Fsp3) is 0.368. The van der Waals surface area contributed by atoms with Gasteiger partial charge in [-0.15, -0.1) is 12.4 Å². The summed E-state index contributed by atoms with van der Waals surface area (Å²) in [5, 5.41) is 3.55. The normalized spacial score (nSPS) is 23.7. The largest absolute Gasteiger partial charge is 0.310 e. The van der Waals surface area contributed by atoms with Gasteiger partial charge in [0.25, 0.3) is 0 Å². The third-order valence-corrected chi connectivity index (χ3v) is 7.00. The molecule has 2 aromatic carbocycles. The topological polar surface area (TPSA) is 49.4 Å². The molecule has 2 saturated heterocycles. The van der Waals surface area contributed by atoms with E-state index in [4.69, 9.17) is 0 Å². The summed E-state index contributed by atoms with van der Waals surface area (Å²) in [4.78, 5) is 0.411. The van der Waals surface area contributed by atoms with Crippen LogP contribution in [0, 0.1) is 0 Å². The van der Waals surface area contributed by atoms with Gasteiger partial charge in [-0.1, -0.05) is 48.5 Å². The standard InChI is InChI=1S/C19H22N2O2S.ClH/c22-24(23,21-13-12-16-10-11-17(14-21)20-16)19-9-5-4-8-18(19)15-6-2-1-3-7-15;/h1-9,16-17,20H,10-14H2;1H. The zero-order chi connectivity index (χ0) is 16.6. The van der Waals surface area contributed by atoms with E-state index in [9.17, 15) is 8.42 Å². The van der Waals surface area contributed by atoms with Gasteiger partial charge in [-0.2, -0.15) is 4.31 Å². The predicted octanol–water partition coefficient (Wildman–Crippen LogP) is 3.29. The quantitative estimate of drug-likeness (QED) is 0.891. The maximum absolute atomic E-state index is 13.3. The number of sulfonamides is 1. The van der Waals surface area contributed by atoms with E-state index in [2.05, 4.69) is 5.32 Å². The molecule has 134 valence electrons. The monoisotopic (exact) mass is 378 g/mol. The highest BCUT2D eigenvalue weighted by Gasteiger charge is 2.35. The summed E-state index contributed by atoms with van der Waals surface area (Å²) in [6, 6.07) is 17.8. The molecule has 2 aliphatic heterocycles. The molecule has 0 aliphatic carbocycles. The molecule has 2 aliphatic rings. The van der Waals surface area contributed by atoms with Crippen LogP contribution in [-0.2, 0) is 10.0 Å². The number of hydrogen-bond acceptors (Lipinski definition) is 3. The number of benzene rings is 2. The molecular formula is C19H23ClN2O2S. The molecule has 0 radical (unpaired) electrons. The Morgan fingerprint density at radius 1 is 0.880 bits per heavy atom. The van der Waals surface area contributed by atoms with Crippen LogP contribution >= 0.6 is 12.4 Å². The summed E-state index contributed by atoms with van der Waals surface area (Å²) in [5.74, 6) is 0. The van der Waals surface area contributed by atoms with Crippen LogP contribution in [0.1, 0.15) is 19.3 Å². The third-order valence-electron chi connectivity index (χ3n) is 5.08. The van der Waals surface area contributed by atoms with E-state index in [0.717, 1.165) is 24.0 Å². The summed E-state index contributed by atoms with van der Waals surface area (Å²) in [7, 11) is -3.49. The number of fused-ring (bicyclic) bond motifs is 2. The number of nitrogens with one attached hydrogen (secondary N) is 1. The first-order valence-electron chi connectivity index (χ1n) is 8.55. The summed E-state index contributed by atoms with van der Waals surface area (Å²) in [6.45, 7) is 1.17. The van der Waals surface area contributed by atoms with Crippen molar-refractivity contribution in [3.8, 4) is 11.1 Å². The molecule has 2 fully saturated rings. The molecule has 6 heteroatoms. The Morgan fingerprint density at radius 3 is 2.36 bits per heavy atom. The van der Waals surface area contributed by atoms with E-state index in [0.29, 0.717) is 24.0 Å². The molecule has 25 heavy (non-hydrogen) atoms. The molecule has 2 heterocycles. The van der Waals surface area contributed by atoms with E-state index in [1.54, 1.807) is 10.4 Å². The van der Waals surface area contributed by atoms with Crippen LogP contribution in [0.15, 0.2) is 59.5 Å². The van der Waals surface area contributed by atoms with Crippen LogP contribution in [-0.4, -0.2) is 37.9 Å². The molecule has 0 amide bonds. The minimum atomic E-state index is -3.49. The van der Waals surface area contributed by atoms with Crippen molar-refractivity contribution >= 4 is 22.4 Å². The van der Waals surface area contributed by atoms with Gasteiger partial charge in [-0.3, -0.25) is 0 Å². The van der Waals surface area contributed by atoms with Crippen molar-refractivity contribution in [2.75, 3.05) is 13.1 Å². The van der Waals surface area contributed by atoms with Gasteiger partial charge in [0.1, 0.15) is 0 Å². The zero-order valence-corrected chi connectivity index (χ0v) is 15.6. The third kappa shape index (κ3) is 3.60. The van der Waals surface area contributed by atoms with Crippen LogP contribution in [0.4, 0.5) is 0 Å². The average molecular weight is 379 g/mol. The van der Waals surface area contributed by atoms with Crippen molar-refractivity contribution in [3.63, 3.8) is 0 Å². The van der Waals surface area contributed by atoms with Gasteiger partial charge < -0.3 is 5.32 Å². The van der Waals surface area contributed by atoms with Crippen molar-refractivity contribution < 1.29 is 8.42 Å². The molecule has 2 unspecified atom stereocenters. The molecule has 0 saturated carbocycles. The Morgan fingerprint density at radius 2 is 1.56 bits per heavy atom. The van der Waals surface area contributed by atoms with Gasteiger partial charge in [0.05, 0.1) is 4.90 Å². The molecular weight excluding hydrogens is 356 g/mol. The number of halogens is 1. The SMILES string of the molecule is Cl.O=S(=O)(c1ccccc1-c1ccccc1)N1CCC2CCC(C1)N2. The first kappa shape index (κ1) is 18.4. The first-order chi connectivity index (χ1) is 11.6. The lowest BCUT2D eigenvalue weighted by Crippen LogP contribution is -2.39. The Labute approximate surface area is 155 Å². The molecule has 1 N–H and O–H groups in total. The summed E-state index contributed by atoms with van der Waals surface area (Å²) < 4.78 is 28.3. The van der Waals surface area contributed by atoms with Gasteiger partial charge in [-0.05, 0) is 30.9 Å². The number of hydrogen-bond donors (Lipinski definition) is 1. The smallest absolute Gasteiger partial charge is 0.243 e. The summed E-state index contributed by atoms with van der Waals surface area (Å²) in [5.41, 5.74) is 1.71. The van der Waals surface area contributed by atoms with E-state index < -0.39 is 10.0 Å². The Balaban J connectivity index is 0.00000182. The fourth-order valence-electron chi connectivity index (χ4n) is 3.82. The maximum atomic E-state index is 13.3. The Hall–Kier alpha value is -1.40. The first-order valence-corrected chi connectivity index (χ1v) is 9.99. The van der Waals surface area contributed by atoms with Gasteiger partial charge >= 0.3 is 0 Å². The van der Waals surface area contributed by atoms with Gasteiger partial charge in [0, 0.05) is 30.7 Å². The molecule has 2 bridgehead atoms. The van der Waals surface area contributed by atoms with E-state index in [1.165, 1.54) is 6.42 Å². The van der Waals surface area contributed by atoms with Crippen molar-refractivity contribution in [3.05, 3.63) is 54.6 Å². The van der Waals surface area contributed by atoms with Crippen molar-refractivity contribution in [2.24, 2.45) is 0 Å². The zero-order valence-electron chi connectivity index (χ0n) is 14.0. The van der Waals surface area contributed by atoms with Crippen LogP contribution in [0.25, 0.3) is 11.1 Å². The van der Waals surface area contributed by atoms with Crippen LogP contribution in [0.5, 0.6) is 0 Å². The highest BCUT2D eigenvalue weighted by molar-refractivity contribution is 7.89. The highest BCUT2D eigenvalue weighted by atomic mass is 35.5. The minimum absolute atomic E-state index is 0. The molecule has 2 aromatic rings. The lowest BCUT2D eigenvalue weighted by Gasteiger charge is -2.25. The molecule has 0 aromatic heterocycles. The summed E-state index contributed by atoms with van der Waals surface area (Å²) in [6.07, 6.45) is 3.12. The lowest BCUT2D eigenvalue weighted by molar-refractivity contribution is 0.383. The highest BCUT2D eigenvalue weighted by Crippen LogP contribution is 2.31. The maximum Gasteiger partial charge on any atom is 0.243 e. The van der Waals surface area contributed by atoms with Crippen molar-refractivity contribution in [2.45, 2.75) is 36.2 Å². The average Bonchev–Trinajstić information content (AvgIpc) is 2.94. The molecule has 4 rings (SSSR count). The van der Waals surface area contributed by atoms with E-state index in [1.807, 2.05) is 48.5 Å². The number of nitrogens with zero attached hydrogens (tertiary/aromatic N) is 1. The Bertz CT molecular complexity index is 826. The van der Waals surface area contributed by atoms with Gasteiger partial charge in [-0.25, -0.2) is 8.42 Å². The number of rotatable bonds is 3. The summed E-state index contributed by atoms with van der Waals surface area (Å²) >= 11 is 0. The lowest BCUT2D eigenvalue weighted by atomic mass is 10.1. The van der Waals surface area contributed by atoms with Crippen LogP contribution < -0.4 is 5.32 Å². The fourth-order valence-corrected chi connectivity index (χ4v) is 5.53. The Kier molecular flexibility index (Phi) is 5.49. The predicted molar refractivity (Wildman–Crippen MR) is 102 cm³/mol. The second-order valence-electron chi connectivity index (χ2n) is 6.65. The second-order valence-corrected chi connectivity index (χ2v) is 8.56. The van der Waals surface area contributed by atoms with Crippen molar-refractivity contribution in [1.29, 1.82) is 0 Å². The van der Waals surface area contributed by atoms with E-state index >= 15 is 0 Å². The minimum Gasteiger partial charge on any atom is -0.310 e. The van der Waals surface area contributed by atoms with Crippen molar-refractivity contribution in [1.82, 2.24) is 9.62 Å². The van der Waals surface area contributed by atoms with Crippen LogP contribution in [0.3, 0.4) is 0 Å². The van der Waals surface area contributed by atoms with Crippen LogP contribution in [0.2, 0.25) is 0 Å². The van der Waals surface area contributed by atoms with E-state index in [-0.39, 0.29) is 18.4 Å². The van der Waals surface area contributed by atoms with Gasteiger partial charge in [0.2, 0.25) is 10.0 Å². The van der Waals surface area contributed by atoms with Gasteiger partial charge in [0.15, 0.2) is 0 Å². The second kappa shape index (κ2) is 7.46. The molecule has 4 nitrogen and oxygen atoms in total. The molecule has 0 spiro atoms. The molecule has 2 atom stereocenters.